The fraction of sp³-hybridized carbons (Fsp3) is 1.00. The smallest absolute Gasteiger partial charge is 0.370 e. The van der Waals surface area contributed by atoms with Gasteiger partial charge in [0.1, 0.15) is 0 Å². The lowest BCUT2D eigenvalue weighted by molar-refractivity contribution is -0.0659. The van der Waals surface area contributed by atoms with E-state index in [1.54, 1.807) is 20.8 Å². The van der Waals surface area contributed by atoms with Crippen LogP contribution in [0.3, 0.4) is 0 Å². The molecule has 0 rings (SSSR count). The largest absolute Gasteiger partial charge is 0.577 e. The molecule has 0 fully saturated rings. The van der Waals surface area contributed by atoms with E-state index in [1.807, 2.05) is 0 Å². The fourth-order valence-electron chi connectivity index (χ4n) is 1.23. The van der Waals surface area contributed by atoms with Gasteiger partial charge in [0.2, 0.25) is 0 Å². The number of alkyl halides is 3. The maximum Gasteiger partial charge on any atom is 0.577 e. The summed E-state index contributed by atoms with van der Waals surface area (Å²) in [6.07, 6.45) is 1.63. The van der Waals surface area contributed by atoms with E-state index in [4.69, 9.17) is 13.3 Å². The van der Waals surface area contributed by atoms with Gasteiger partial charge >= 0.3 is 14.4 Å². The molecule has 0 unspecified atom stereocenters. The summed E-state index contributed by atoms with van der Waals surface area (Å²) in [5, 5.41) is 0. The zero-order valence-electron chi connectivity index (χ0n) is 11.3. The quantitative estimate of drug-likeness (QED) is 0.546. The first kappa shape index (κ1) is 17.9. The van der Waals surface area contributed by atoms with E-state index < -0.39 is 21.0 Å². The minimum absolute atomic E-state index is 0.0786. The summed E-state index contributed by atoms with van der Waals surface area (Å²) in [4.78, 5) is 0. The molecule has 0 heterocycles. The van der Waals surface area contributed by atoms with E-state index in [9.17, 15) is 13.2 Å². The molecule has 0 spiro atoms. The molecule has 0 atom stereocenters. The van der Waals surface area contributed by atoms with Crippen molar-refractivity contribution < 1.29 is 26.4 Å². The van der Waals surface area contributed by atoms with Crippen molar-refractivity contribution in [2.24, 2.45) is 0 Å². The van der Waals surface area contributed by atoms with Gasteiger partial charge in [-0.2, -0.15) is 8.78 Å². The first-order valence-corrected chi connectivity index (χ1v) is 8.07. The third-order valence-electron chi connectivity index (χ3n) is 2.10. The highest BCUT2D eigenvalue weighted by Gasteiger charge is 2.65. The van der Waals surface area contributed by atoms with Crippen LogP contribution in [-0.2, 0) is 13.3 Å². The van der Waals surface area contributed by atoms with E-state index in [-0.39, 0.29) is 19.8 Å². The van der Waals surface area contributed by atoms with Crippen molar-refractivity contribution in [1.82, 2.24) is 0 Å². The van der Waals surface area contributed by atoms with Gasteiger partial charge in [-0.3, -0.25) is 0 Å². The third kappa shape index (κ3) is 4.87. The van der Waals surface area contributed by atoms with Crippen molar-refractivity contribution in [3.63, 3.8) is 0 Å². The van der Waals surface area contributed by atoms with Crippen LogP contribution in [0.25, 0.3) is 0 Å². The van der Waals surface area contributed by atoms with Crippen molar-refractivity contribution in [3.8, 4) is 0 Å². The predicted octanol–water partition coefficient (Wildman–Crippen LogP) is 3.35. The molecule has 7 heteroatoms. The van der Waals surface area contributed by atoms with Crippen molar-refractivity contribution in [2.75, 3.05) is 26.5 Å². The molecule has 0 aromatic heterocycles. The average Bonchev–Trinajstić information content (AvgIpc) is 2.38. The highest BCUT2D eigenvalue weighted by Crippen LogP contribution is 2.31. The van der Waals surface area contributed by atoms with Crippen LogP contribution in [0.15, 0.2) is 0 Å². The zero-order valence-corrected chi connectivity index (χ0v) is 12.3. The standard InChI is InChI=1S/C11H23F3O3Si/c1-4-7-15-18(16-8-5-2,17-9-6-3)11(13,14)10-12/h4-10H2,1-3H3. The summed E-state index contributed by atoms with van der Waals surface area (Å²) in [5.41, 5.74) is -3.69. The second-order valence-electron chi connectivity index (χ2n) is 3.94. The van der Waals surface area contributed by atoms with Crippen molar-refractivity contribution in [3.05, 3.63) is 0 Å². The predicted molar refractivity (Wildman–Crippen MR) is 65.4 cm³/mol. The fourth-order valence-corrected chi connectivity index (χ4v) is 3.70. The van der Waals surface area contributed by atoms with Crippen LogP contribution in [0.4, 0.5) is 13.2 Å². The van der Waals surface area contributed by atoms with Gasteiger partial charge in [0.15, 0.2) is 6.67 Å². The van der Waals surface area contributed by atoms with E-state index in [2.05, 4.69) is 0 Å². The van der Waals surface area contributed by atoms with Crippen LogP contribution in [0.2, 0.25) is 0 Å². The average molecular weight is 288 g/mol. The molecule has 0 aromatic carbocycles. The monoisotopic (exact) mass is 288 g/mol. The lowest BCUT2D eigenvalue weighted by atomic mass is 10.5. The molecule has 0 aliphatic rings. The molecule has 18 heavy (non-hydrogen) atoms. The van der Waals surface area contributed by atoms with Gasteiger partial charge in [-0.15, -0.1) is 0 Å². The van der Waals surface area contributed by atoms with E-state index >= 15 is 0 Å². The van der Waals surface area contributed by atoms with Gasteiger partial charge in [-0.1, -0.05) is 20.8 Å². The summed E-state index contributed by atoms with van der Waals surface area (Å²) >= 11 is 0. The van der Waals surface area contributed by atoms with Crippen LogP contribution >= 0.6 is 0 Å². The van der Waals surface area contributed by atoms with Crippen molar-refractivity contribution in [1.29, 1.82) is 0 Å². The van der Waals surface area contributed by atoms with Crippen LogP contribution in [0.1, 0.15) is 40.0 Å². The Hall–Kier alpha value is -0.113. The maximum absolute atomic E-state index is 13.8. The molecule has 0 radical (unpaired) electrons. The van der Waals surface area contributed by atoms with Gasteiger partial charge in [-0.25, -0.2) is 4.39 Å². The van der Waals surface area contributed by atoms with Crippen LogP contribution in [-0.4, -0.2) is 40.8 Å². The van der Waals surface area contributed by atoms with Crippen molar-refractivity contribution >= 4 is 8.80 Å². The summed E-state index contributed by atoms with van der Waals surface area (Å²) in [6.45, 7) is 3.77. The van der Waals surface area contributed by atoms with E-state index in [1.165, 1.54) is 0 Å². The van der Waals surface area contributed by atoms with Crippen LogP contribution < -0.4 is 0 Å². The number of halogens is 3. The number of hydrogen-bond donors (Lipinski definition) is 0. The third-order valence-corrected chi connectivity index (χ3v) is 4.89. The Balaban J connectivity index is 4.97. The Bertz CT molecular complexity index is 196. The molecular formula is C11H23F3O3Si. The molecule has 0 aromatic rings. The second kappa shape index (κ2) is 8.90. The Kier molecular flexibility index (Phi) is 8.84. The molecule has 0 saturated heterocycles. The molecular weight excluding hydrogens is 265 g/mol. The molecule has 0 saturated carbocycles. The number of rotatable bonds is 11. The highest BCUT2D eigenvalue weighted by molar-refractivity contribution is 6.63. The molecule has 0 bridgehead atoms. The molecule has 0 aliphatic carbocycles. The zero-order chi connectivity index (χ0) is 14.1. The molecule has 0 amide bonds. The Morgan fingerprint density at radius 1 is 0.833 bits per heavy atom. The van der Waals surface area contributed by atoms with Crippen LogP contribution in [0.5, 0.6) is 0 Å². The second-order valence-corrected chi connectivity index (χ2v) is 6.65. The van der Waals surface area contributed by atoms with Gasteiger partial charge < -0.3 is 13.3 Å². The maximum atomic E-state index is 13.8. The lowest BCUT2D eigenvalue weighted by Crippen LogP contribution is -2.62. The van der Waals surface area contributed by atoms with Gasteiger partial charge in [0.05, 0.1) is 0 Å². The Labute approximate surface area is 108 Å². The Morgan fingerprint density at radius 2 is 1.17 bits per heavy atom. The SMILES string of the molecule is CCCO[Si](OCCC)(OCCC)C(F)(F)CF. The van der Waals surface area contributed by atoms with E-state index in [0.29, 0.717) is 19.3 Å². The minimum atomic E-state index is -4.29. The highest BCUT2D eigenvalue weighted by atomic mass is 28.4. The summed E-state index contributed by atoms with van der Waals surface area (Å²) in [5.74, 6) is 0. The summed E-state index contributed by atoms with van der Waals surface area (Å²) in [7, 11) is -4.29. The minimum Gasteiger partial charge on any atom is -0.370 e. The summed E-state index contributed by atoms with van der Waals surface area (Å²) in [6, 6.07) is 0. The van der Waals surface area contributed by atoms with Crippen LogP contribution in [0, 0.1) is 0 Å². The Morgan fingerprint density at radius 3 is 1.39 bits per heavy atom. The molecule has 110 valence electrons. The molecule has 0 aliphatic heterocycles. The van der Waals surface area contributed by atoms with Gasteiger partial charge in [-0.05, 0) is 19.3 Å². The van der Waals surface area contributed by atoms with Gasteiger partial charge in [0.25, 0.3) is 0 Å². The normalized spacial score (nSPS) is 13.0. The molecule has 0 N–H and O–H groups in total. The summed E-state index contributed by atoms with van der Waals surface area (Å²) < 4.78 is 55.5. The number of hydrogen-bond acceptors (Lipinski definition) is 3. The molecule has 3 nitrogen and oxygen atoms in total. The van der Waals surface area contributed by atoms with Gasteiger partial charge in [0, 0.05) is 19.8 Å². The first-order valence-electron chi connectivity index (χ1n) is 6.35. The van der Waals surface area contributed by atoms with Crippen molar-refractivity contribution in [2.45, 2.75) is 45.6 Å². The topological polar surface area (TPSA) is 27.7 Å². The van der Waals surface area contributed by atoms with E-state index in [0.717, 1.165) is 0 Å². The first-order chi connectivity index (χ1) is 8.49. The lowest BCUT2D eigenvalue weighted by Gasteiger charge is -2.33.